The maximum absolute atomic E-state index is 10.6. The third-order valence-electron chi connectivity index (χ3n) is 2.84. The Bertz CT molecular complexity index is 419. The SMILES string of the molecule is O=C(O)COC1(c2cccnc2Br)CCNC1. The molecule has 92 valence electrons. The van der Waals surface area contributed by atoms with E-state index in [-0.39, 0.29) is 6.61 Å². The molecule has 1 fully saturated rings. The number of aliphatic carboxylic acids is 1. The van der Waals surface area contributed by atoms with E-state index >= 15 is 0 Å². The fourth-order valence-electron chi connectivity index (χ4n) is 2.03. The van der Waals surface area contributed by atoms with Crippen LogP contribution in [0.4, 0.5) is 0 Å². The van der Waals surface area contributed by atoms with E-state index in [0.29, 0.717) is 11.1 Å². The summed E-state index contributed by atoms with van der Waals surface area (Å²) in [5.74, 6) is -0.962. The average molecular weight is 301 g/mol. The Kier molecular flexibility index (Phi) is 3.76. The molecule has 0 amide bonds. The lowest BCUT2D eigenvalue weighted by Gasteiger charge is -2.28. The number of pyridine rings is 1. The number of ether oxygens (including phenoxy) is 1. The van der Waals surface area contributed by atoms with Crippen LogP contribution in [0.25, 0.3) is 0 Å². The van der Waals surface area contributed by atoms with Crippen LogP contribution in [-0.4, -0.2) is 35.8 Å². The standard InChI is InChI=1S/C11H13BrN2O3/c12-10-8(2-1-4-14-10)11(3-5-13-7-11)17-6-9(15)16/h1-2,4,13H,3,5-7H2,(H,15,16). The van der Waals surface area contributed by atoms with E-state index in [0.717, 1.165) is 18.5 Å². The van der Waals surface area contributed by atoms with E-state index in [9.17, 15) is 4.79 Å². The molecule has 2 rings (SSSR count). The Morgan fingerprint density at radius 3 is 3.12 bits per heavy atom. The number of aromatic nitrogens is 1. The van der Waals surface area contributed by atoms with Crippen molar-refractivity contribution < 1.29 is 14.6 Å². The van der Waals surface area contributed by atoms with Crippen molar-refractivity contribution >= 4 is 21.9 Å². The molecule has 0 bridgehead atoms. The van der Waals surface area contributed by atoms with Crippen molar-refractivity contribution in [3.63, 3.8) is 0 Å². The molecule has 5 nitrogen and oxygen atoms in total. The van der Waals surface area contributed by atoms with Crippen LogP contribution in [0.5, 0.6) is 0 Å². The smallest absolute Gasteiger partial charge is 0.329 e. The molecule has 1 saturated heterocycles. The number of hydrogen-bond acceptors (Lipinski definition) is 4. The van der Waals surface area contributed by atoms with Crippen molar-refractivity contribution in [1.82, 2.24) is 10.3 Å². The summed E-state index contributed by atoms with van der Waals surface area (Å²) in [5, 5.41) is 11.9. The van der Waals surface area contributed by atoms with Crippen molar-refractivity contribution in [2.45, 2.75) is 12.0 Å². The largest absolute Gasteiger partial charge is 0.480 e. The fraction of sp³-hybridized carbons (Fsp3) is 0.455. The first-order chi connectivity index (χ1) is 8.14. The van der Waals surface area contributed by atoms with E-state index in [2.05, 4.69) is 26.2 Å². The van der Waals surface area contributed by atoms with Crippen LogP contribution in [-0.2, 0) is 15.1 Å². The number of rotatable bonds is 4. The van der Waals surface area contributed by atoms with Gasteiger partial charge < -0.3 is 15.2 Å². The summed E-state index contributed by atoms with van der Waals surface area (Å²) in [5.41, 5.74) is 0.303. The number of carboxylic acid groups (broad SMARTS) is 1. The maximum Gasteiger partial charge on any atom is 0.329 e. The number of carboxylic acids is 1. The van der Waals surface area contributed by atoms with Gasteiger partial charge in [-0.1, -0.05) is 6.07 Å². The van der Waals surface area contributed by atoms with E-state index in [4.69, 9.17) is 9.84 Å². The normalized spacial score (nSPS) is 23.8. The number of nitrogens with one attached hydrogen (secondary N) is 1. The van der Waals surface area contributed by atoms with Crippen LogP contribution in [0.15, 0.2) is 22.9 Å². The van der Waals surface area contributed by atoms with Gasteiger partial charge in [-0.15, -0.1) is 0 Å². The number of nitrogens with zero attached hydrogens (tertiary/aromatic N) is 1. The predicted octanol–water partition coefficient (Wildman–Crippen LogP) is 1.13. The molecule has 6 heteroatoms. The first-order valence-electron chi connectivity index (χ1n) is 5.31. The van der Waals surface area contributed by atoms with Crippen molar-refractivity contribution in [2.24, 2.45) is 0 Å². The predicted molar refractivity (Wildman–Crippen MR) is 64.7 cm³/mol. The molecule has 1 aromatic heterocycles. The number of halogens is 1. The summed E-state index contributed by atoms with van der Waals surface area (Å²) in [6, 6.07) is 3.73. The van der Waals surface area contributed by atoms with Gasteiger partial charge >= 0.3 is 5.97 Å². The molecule has 1 aliphatic heterocycles. The van der Waals surface area contributed by atoms with Gasteiger partial charge in [0.25, 0.3) is 0 Å². The monoisotopic (exact) mass is 300 g/mol. The number of carbonyl (C=O) groups is 1. The Morgan fingerprint density at radius 1 is 1.71 bits per heavy atom. The molecule has 0 spiro atoms. The van der Waals surface area contributed by atoms with Gasteiger partial charge in [-0.25, -0.2) is 9.78 Å². The lowest BCUT2D eigenvalue weighted by Crippen LogP contribution is -2.34. The van der Waals surface area contributed by atoms with Crippen molar-refractivity contribution in [3.8, 4) is 0 Å². The molecule has 2 N–H and O–H groups in total. The minimum atomic E-state index is -0.962. The molecule has 2 heterocycles. The third kappa shape index (κ3) is 2.65. The van der Waals surface area contributed by atoms with Crippen LogP contribution in [0.3, 0.4) is 0 Å². The summed E-state index contributed by atoms with van der Waals surface area (Å²) < 4.78 is 6.29. The summed E-state index contributed by atoms with van der Waals surface area (Å²) in [6.07, 6.45) is 2.42. The van der Waals surface area contributed by atoms with Gasteiger partial charge in [0.15, 0.2) is 0 Å². The highest BCUT2D eigenvalue weighted by Gasteiger charge is 2.39. The second kappa shape index (κ2) is 5.12. The topological polar surface area (TPSA) is 71.5 Å². The molecule has 1 aliphatic rings. The van der Waals surface area contributed by atoms with Gasteiger partial charge in [-0.05, 0) is 35.0 Å². The average Bonchev–Trinajstić information content (AvgIpc) is 2.77. The lowest BCUT2D eigenvalue weighted by atomic mass is 9.94. The molecule has 0 aromatic carbocycles. The minimum absolute atomic E-state index is 0.303. The van der Waals surface area contributed by atoms with Gasteiger partial charge in [0.2, 0.25) is 0 Å². The highest BCUT2D eigenvalue weighted by molar-refractivity contribution is 9.10. The molecule has 0 saturated carbocycles. The first-order valence-corrected chi connectivity index (χ1v) is 6.11. The van der Waals surface area contributed by atoms with Crippen LogP contribution in [0, 0.1) is 0 Å². The second-order valence-corrected chi connectivity index (χ2v) is 4.70. The Labute approximate surface area is 107 Å². The van der Waals surface area contributed by atoms with Crippen LogP contribution < -0.4 is 5.32 Å². The molecule has 1 atom stereocenters. The van der Waals surface area contributed by atoms with E-state index < -0.39 is 11.6 Å². The molecule has 0 radical (unpaired) electrons. The fourth-order valence-corrected chi connectivity index (χ4v) is 2.64. The Morgan fingerprint density at radius 2 is 2.53 bits per heavy atom. The highest BCUT2D eigenvalue weighted by atomic mass is 79.9. The second-order valence-electron chi connectivity index (χ2n) is 3.95. The zero-order chi connectivity index (χ0) is 12.3. The van der Waals surface area contributed by atoms with Gasteiger partial charge in [-0.2, -0.15) is 0 Å². The Hall–Kier alpha value is -0.980. The minimum Gasteiger partial charge on any atom is -0.480 e. The molecule has 17 heavy (non-hydrogen) atoms. The van der Waals surface area contributed by atoms with Crippen molar-refractivity contribution in [2.75, 3.05) is 19.7 Å². The molecule has 0 aliphatic carbocycles. The number of hydrogen-bond donors (Lipinski definition) is 2. The van der Waals surface area contributed by atoms with Crippen molar-refractivity contribution in [3.05, 3.63) is 28.5 Å². The maximum atomic E-state index is 10.6. The van der Waals surface area contributed by atoms with E-state index in [1.165, 1.54) is 0 Å². The van der Waals surface area contributed by atoms with Crippen molar-refractivity contribution in [1.29, 1.82) is 0 Å². The summed E-state index contributed by atoms with van der Waals surface area (Å²) >= 11 is 3.38. The third-order valence-corrected chi connectivity index (χ3v) is 3.47. The van der Waals surface area contributed by atoms with Crippen LogP contribution in [0.2, 0.25) is 0 Å². The summed E-state index contributed by atoms with van der Waals surface area (Å²) in [7, 11) is 0. The van der Waals surface area contributed by atoms with E-state index in [1.807, 2.05) is 12.1 Å². The molecular formula is C11H13BrN2O3. The van der Waals surface area contributed by atoms with Gasteiger partial charge in [0.1, 0.15) is 16.8 Å². The molecule has 1 aromatic rings. The van der Waals surface area contributed by atoms with Crippen LogP contribution in [0.1, 0.15) is 12.0 Å². The molecule has 1 unspecified atom stereocenters. The van der Waals surface area contributed by atoms with Gasteiger partial charge in [0.05, 0.1) is 0 Å². The lowest BCUT2D eigenvalue weighted by molar-refractivity contribution is -0.149. The van der Waals surface area contributed by atoms with Gasteiger partial charge in [0, 0.05) is 18.3 Å². The zero-order valence-corrected chi connectivity index (χ0v) is 10.7. The molecular weight excluding hydrogens is 288 g/mol. The first kappa shape index (κ1) is 12.5. The Balaban J connectivity index is 2.28. The zero-order valence-electron chi connectivity index (χ0n) is 9.15. The van der Waals surface area contributed by atoms with Gasteiger partial charge in [-0.3, -0.25) is 0 Å². The highest BCUT2D eigenvalue weighted by Crippen LogP contribution is 2.35. The van der Waals surface area contributed by atoms with Crippen LogP contribution >= 0.6 is 15.9 Å². The summed E-state index contributed by atoms with van der Waals surface area (Å²) in [6.45, 7) is 1.11. The quantitative estimate of drug-likeness (QED) is 0.816. The summed E-state index contributed by atoms with van der Waals surface area (Å²) in [4.78, 5) is 14.8. The van der Waals surface area contributed by atoms with E-state index in [1.54, 1.807) is 6.20 Å².